The van der Waals surface area contributed by atoms with Crippen LogP contribution in [-0.2, 0) is 21.2 Å². The summed E-state index contributed by atoms with van der Waals surface area (Å²) in [5, 5.41) is 0. The molecule has 32 heavy (non-hydrogen) atoms. The van der Waals surface area contributed by atoms with Crippen LogP contribution in [0.5, 0.6) is 11.5 Å². The third-order valence-corrected chi connectivity index (χ3v) is 7.74. The smallest absolute Gasteiger partial charge is 0.279 e. The van der Waals surface area contributed by atoms with Crippen molar-refractivity contribution in [3.63, 3.8) is 0 Å². The molecule has 0 spiro atoms. The highest BCUT2D eigenvalue weighted by molar-refractivity contribution is 7.89. The summed E-state index contributed by atoms with van der Waals surface area (Å²) >= 11 is 1.36. The third kappa shape index (κ3) is 5.40. The third-order valence-electron chi connectivity index (χ3n) is 4.92. The van der Waals surface area contributed by atoms with Crippen molar-refractivity contribution in [2.45, 2.75) is 45.1 Å². The zero-order valence-corrected chi connectivity index (χ0v) is 20.0. The number of sulfonamides is 1. The Morgan fingerprint density at radius 1 is 1.09 bits per heavy atom. The largest absolute Gasteiger partial charge is 0.486 e. The van der Waals surface area contributed by atoms with Gasteiger partial charge in [-0.05, 0) is 43.0 Å². The maximum Gasteiger partial charge on any atom is 0.279 e. The first-order valence-electron chi connectivity index (χ1n) is 10.2. The molecule has 11 heteroatoms. The molecule has 1 aliphatic heterocycles. The average molecular weight is 482 g/mol. The van der Waals surface area contributed by atoms with Gasteiger partial charge < -0.3 is 9.47 Å². The molecule has 1 aromatic carbocycles. The van der Waals surface area contributed by atoms with Gasteiger partial charge in [-0.1, -0.05) is 20.8 Å². The molecule has 9 nitrogen and oxygen atoms in total. The minimum absolute atomic E-state index is 0.0506. The number of carbonyl (C=O) groups excluding carboxylic acids is 2. The van der Waals surface area contributed by atoms with Gasteiger partial charge in [-0.2, -0.15) is 4.72 Å². The molecule has 174 valence electrons. The SMILES string of the molecule is CCc1sc(C(=O)NNC(=O)[C@H](NS(=O)(=O)c2ccc3c(c2)OCCO3)C(C)C)cc1C. The van der Waals surface area contributed by atoms with Crippen LogP contribution in [0.3, 0.4) is 0 Å². The molecule has 0 aliphatic carbocycles. The van der Waals surface area contributed by atoms with Crippen LogP contribution in [0, 0.1) is 12.8 Å². The van der Waals surface area contributed by atoms with Crippen LogP contribution >= 0.6 is 11.3 Å². The van der Waals surface area contributed by atoms with Gasteiger partial charge in [0.2, 0.25) is 10.0 Å². The summed E-state index contributed by atoms with van der Waals surface area (Å²) < 4.78 is 39.1. The van der Waals surface area contributed by atoms with Crippen LogP contribution in [0.1, 0.15) is 40.9 Å². The van der Waals surface area contributed by atoms with Crippen molar-refractivity contribution in [3.05, 3.63) is 39.6 Å². The second-order valence-corrected chi connectivity index (χ2v) is 10.5. The van der Waals surface area contributed by atoms with E-state index in [4.69, 9.17) is 9.47 Å². The second-order valence-electron chi connectivity index (χ2n) is 7.66. The number of nitrogens with one attached hydrogen (secondary N) is 3. The highest BCUT2D eigenvalue weighted by Crippen LogP contribution is 2.32. The molecule has 0 bridgehead atoms. The monoisotopic (exact) mass is 481 g/mol. The number of hydrogen-bond donors (Lipinski definition) is 3. The number of hydrazine groups is 1. The minimum atomic E-state index is -4.04. The molecule has 0 saturated heterocycles. The lowest BCUT2D eigenvalue weighted by atomic mass is 10.1. The van der Waals surface area contributed by atoms with Crippen LogP contribution in [0.2, 0.25) is 0 Å². The van der Waals surface area contributed by atoms with Crippen LogP contribution in [-0.4, -0.2) is 39.5 Å². The van der Waals surface area contributed by atoms with Gasteiger partial charge in [-0.25, -0.2) is 8.42 Å². The molecule has 2 amide bonds. The van der Waals surface area contributed by atoms with E-state index in [1.807, 2.05) is 13.8 Å². The first-order chi connectivity index (χ1) is 15.1. The van der Waals surface area contributed by atoms with E-state index in [0.29, 0.717) is 29.6 Å². The summed E-state index contributed by atoms with van der Waals surface area (Å²) in [7, 11) is -4.04. The molecule has 3 N–H and O–H groups in total. The average Bonchev–Trinajstić information content (AvgIpc) is 3.15. The van der Waals surface area contributed by atoms with E-state index in [0.717, 1.165) is 16.9 Å². The summed E-state index contributed by atoms with van der Waals surface area (Å²) in [6.45, 7) is 8.05. The number of fused-ring (bicyclic) bond motifs is 1. The van der Waals surface area contributed by atoms with E-state index in [2.05, 4.69) is 15.6 Å². The van der Waals surface area contributed by atoms with Crippen molar-refractivity contribution in [2.24, 2.45) is 5.92 Å². The molecule has 1 aromatic heterocycles. The van der Waals surface area contributed by atoms with Crippen molar-refractivity contribution < 1.29 is 27.5 Å². The molecule has 0 saturated carbocycles. The van der Waals surface area contributed by atoms with Crippen molar-refractivity contribution in [3.8, 4) is 11.5 Å². The normalized spacial score (nSPS) is 14.2. The number of benzene rings is 1. The van der Waals surface area contributed by atoms with Crippen LogP contribution in [0.25, 0.3) is 0 Å². The van der Waals surface area contributed by atoms with Gasteiger partial charge in [0.15, 0.2) is 11.5 Å². The van der Waals surface area contributed by atoms with Gasteiger partial charge >= 0.3 is 0 Å². The summed E-state index contributed by atoms with van der Waals surface area (Å²) in [4.78, 5) is 26.6. The van der Waals surface area contributed by atoms with Crippen LogP contribution in [0.15, 0.2) is 29.2 Å². The van der Waals surface area contributed by atoms with Crippen molar-refractivity contribution in [2.75, 3.05) is 13.2 Å². The Labute approximate surface area is 191 Å². The van der Waals surface area contributed by atoms with E-state index in [-0.39, 0.29) is 10.8 Å². The second kappa shape index (κ2) is 9.88. The highest BCUT2D eigenvalue weighted by Gasteiger charge is 2.30. The molecular formula is C21H27N3O6S2. The van der Waals surface area contributed by atoms with Gasteiger partial charge in [-0.3, -0.25) is 20.4 Å². The zero-order valence-electron chi connectivity index (χ0n) is 18.4. The Balaban J connectivity index is 1.68. The van der Waals surface area contributed by atoms with Crippen molar-refractivity contribution in [1.29, 1.82) is 0 Å². The number of amides is 2. The number of ether oxygens (including phenoxy) is 2. The molecule has 2 aromatic rings. The summed E-state index contributed by atoms with van der Waals surface area (Å²) in [6, 6.07) is 4.91. The highest BCUT2D eigenvalue weighted by atomic mass is 32.2. The topological polar surface area (TPSA) is 123 Å². The van der Waals surface area contributed by atoms with Gasteiger partial charge in [0, 0.05) is 10.9 Å². The van der Waals surface area contributed by atoms with Gasteiger partial charge in [0.05, 0.1) is 9.77 Å². The summed E-state index contributed by atoms with van der Waals surface area (Å²) in [6.07, 6.45) is 0.813. The molecule has 2 heterocycles. The minimum Gasteiger partial charge on any atom is -0.486 e. The maximum atomic E-state index is 12.9. The van der Waals surface area contributed by atoms with Crippen LogP contribution in [0.4, 0.5) is 0 Å². The van der Waals surface area contributed by atoms with Crippen molar-refractivity contribution >= 4 is 33.2 Å². The fourth-order valence-corrected chi connectivity index (χ4v) is 5.53. The summed E-state index contributed by atoms with van der Waals surface area (Å²) in [5.41, 5.74) is 5.71. The predicted molar refractivity (Wildman–Crippen MR) is 120 cm³/mol. The first-order valence-corrected chi connectivity index (χ1v) is 12.5. The Morgan fingerprint density at radius 3 is 2.41 bits per heavy atom. The zero-order chi connectivity index (χ0) is 23.5. The Morgan fingerprint density at radius 2 is 1.78 bits per heavy atom. The lowest BCUT2D eigenvalue weighted by molar-refractivity contribution is -0.124. The number of thiophene rings is 1. The Hall–Kier alpha value is -2.63. The predicted octanol–water partition coefficient (Wildman–Crippen LogP) is 2.15. The van der Waals surface area contributed by atoms with E-state index in [1.165, 1.54) is 29.5 Å². The molecule has 0 fully saturated rings. The molecular weight excluding hydrogens is 454 g/mol. The fraction of sp³-hybridized carbons (Fsp3) is 0.429. The quantitative estimate of drug-likeness (QED) is 0.521. The Bertz CT molecular complexity index is 1110. The number of aryl methyl sites for hydroxylation is 2. The number of hydrogen-bond acceptors (Lipinski definition) is 7. The molecule has 1 aliphatic rings. The summed E-state index contributed by atoms with van der Waals surface area (Å²) in [5.74, 6) is -0.711. The van der Waals surface area contributed by atoms with Crippen molar-refractivity contribution in [1.82, 2.24) is 15.6 Å². The maximum absolute atomic E-state index is 12.9. The Kier molecular flexibility index (Phi) is 7.42. The van der Waals surface area contributed by atoms with Gasteiger partial charge in [0.1, 0.15) is 19.3 Å². The lowest BCUT2D eigenvalue weighted by Gasteiger charge is -2.23. The van der Waals surface area contributed by atoms with Gasteiger partial charge in [-0.15, -0.1) is 11.3 Å². The van der Waals surface area contributed by atoms with Gasteiger partial charge in [0.25, 0.3) is 11.8 Å². The molecule has 0 unspecified atom stereocenters. The first kappa shape index (κ1) is 24.0. The number of carbonyl (C=O) groups is 2. The van der Waals surface area contributed by atoms with Crippen LogP contribution < -0.4 is 25.0 Å². The van der Waals surface area contributed by atoms with E-state index >= 15 is 0 Å². The molecule has 0 radical (unpaired) electrons. The van der Waals surface area contributed by atoms with E-state index < -0.39 is 27.9 Å². The lowest BCUT2D eigenvalue weighted by Crippen LogP contribution is -2.54. The van der Waals surface area contributed by atoms with E-state index in [9.17, 15) is 18.0 Å². The molecule has 1 atom stereocenters. The number of rotatable bonds is 7. The fourth-order valence-electron chi connectivity index (χ4n) is 3.16. The van der Waals surface area contributed by atoms with E-state index in [1.54, 1.807) is 19.9 Å². The molecule has 3 rings (SSSR count). The standard InChI is InChI=1S/C21H27N3O6S2/c1-5-17-13(4)10-18(31-17)20(25)22-23-21(26)19(12(2)3)24-32(27,28)14-6-7-15-16(11-14)30-9-8-29-15/h6-7,10-12,19,24H,5,8-9H2,1-4H3,(H,22,25)(H,23,26)/t19-/m1/s1.